The average Bonchev–Trinajstić information content (AvgIpc) is 4.00. The summed E-state index contributed by atoms with van der Waals surface area (Å²) in [6, 6.07) is 21.6. The molecule has 0 bridgehead atoms. The summed E-state index contributed by atoms with van der Waals surface area (Å²) in [5, 5.41) is 9.42. The zero-order valence-corrected chi connectivity index (χ0v) is 38.8. The summed E-state index contributed by atoms with van der Waals surface area (Å²) in [5.74, 6) is 3.48. The predicted molar refractivity (Wildman–Crippen MR) is 252 cm³/mol. The predicted octanol–water partition coefficient (Wildman–Crippen LogP) is 9.75. The van der Waals surface area contributed by atoms with Crippen molar-refractivity contribution < 1.29 is 23.3 Å². The van der Waals surface area contributed by atoms with E-state index >= 15 is 0 Å². The number of nitrogens with one attached hydrogen (secondary N) is 3. The number of methoxy groups -OCH3 is 2. The van der Waals surface area contributed by atoms with E-state index < -0.39 is 0 Å². The van der Waals surface area contributed by atoms with E-state index in [9.17, 15) is 4.39 Å². The number of aromatic nitrogens is 3. The number of hydrogen-bond donors (Lipinski definition) is 4. The molecule has 61 heavy (non-hydrogen) atoms. The van der Waals surface area contributed by atoms with Crippen LogP contribution < -0.4 is 40.6 Å². The van der Waals surface area contributed by atoms with Gasteiger partial charge in [-0.05, 0) is 145 Å². The molecule has 330 valence electrons. The van der Waals surface area contributed by atoms with E-state index in [1.54, 1.807) is 26.6 Å². The molecule has 0 saturated carbocycles. The topological polar surface area (TPSA) is 144 Å². The number of pyridine rings is 3. The fraction of sp³-hybridized carbons (Fsp3) is 0.400. The van der Waals surface area contributed by atoms with Gasteiger partial charge in [-0.15, -0.1) is 0 Å². The quantitative estimate of drug-likeness (QED) is 0.0424. The van der Waals surface area contributed by atoms with Gasteiger partial charge in [-0.3, -0.25) is 0 Å². The number of halogens is 3. The maximum absolute atomic E-state index is 12.1. The molecule has 13 nitrogen and oxygen atoms in total. The minimum Gasteiger partial charge on any atom is -0.493 e. The summed E-state index contributed by atoms with van der Waals surface area (Å²) in [5.41, 5.74) is 9.43. The molecular weight excluding hydrogens is 909 g/mol. The van der Waals surface area contributed by atoms with E-state index in [4.69, 9.17) is 24.7 Å². The summed E-state index contributed by atoms with van der Waals surface area (Å²) < 4.78 is 35.9. The smallest absolute Gasteiger partial charge is 0.163 e. The number of benzene rings is 2. The van der Waals surface area contributed by atoms with Gasteiger partial charge in [0.15, 0.2) is 23.0 Å². The second kappa shape index (κ2) is 27.8. The first kappa shape index (κ1) is 48.8. The van der Waals surface area contributed by atoms with Gasteiger partial charge in [0, 0.05) is 92.8 Å². The molecule has 2 fully saturated rings. The van der Waals surface area contributed by atoms with Crippen molar-refractivity contribution in [3.63, 3.8) is 0 Å². The van der Waals surface area contributed by atoms with Crippen molar-refractivity contribution in [2.75, 3.05) is 102 Å². The molecule has 2 aromatic carbocycles. The van der Waals surface area contributed by atoms with Gasteiger partial charge in [-0.25, -0.2) is 19.3 Å². The fourth-order valence-corrected chi connectivity index (χ4v) is 7.07. The number of ether oxygens (including phenoxy) is 4. The van der Waals surface area contributed by atoms with E-state index in [2.05, 4.69) is 72.6 Å². The van der Waals surface area contributed by atoms with Gasteiger partial charge in [0.05, 0.1) is 27.4 Å². The van der Waals surface area contributed by atoms with Gasteiger partial charge in [-0.2, -0.15) is 0 Å². The van der Waals surface area contributed by atoms with Crippen molar-refractivity contribution in [1.29, 1.82) is 0 Å². The Kier molecular flexibility index (Phi) is 22.3. The molecule has 0 aliphatic carbocycles. The van der Waals surface area contributed by atoms with Gasteiger partial charge in [-0.1, -0.05) is 0 Å². The normalized spacial score (nSPS) is 13.3. The minimum atomic E-state index is -0.271. The van der Waals surface area contributed by atoms with E-state index in [1.165, 1.54) is 70.2 Å². The summed E-state index contributed by atoms with van der Waals surface area (Å²) in [4.78, 5) is 17.0. The Bertz CT molecular complexity index is 1990. The van der Waals surface area contributed by atoms with E-state index in [0.29, 0.717) is 23.5 Å². The van der Waals surface area contributed by atoms with Crippen LogP contribution in [-0.2, 0) is 0 Å². The molecule has 0 radical (unpaired) electrons. The lowest BCUT2D eigenvalue weighted by Crippen LogP contribution is -2.21. The van der Waals surface area contributed by atoms with Crippen molar-refractivity contribution in [2.24, 2.45) is 0 Å². The summed E-state index contributed by atoms with van der Waals surface area (Å²) in [6.07, 6.45) is 12.3. The Balaban J connectivity index is 0.000000200. The molecule has 2 saturated heterocycles. The van der Waals surface area contributed by atoms with Crippen molar-refractivity contribution >= 4 is 60.4 Å². The molecule has 0 spiro atoms. The Labute approximate surface area is 377 Å². The number of likely N-dealkylation sites (tertiary alicyclic amines) is 2. The maximum Gasteiger partial charge on any atom is 0.163 e. The molecule has 7 rings (SSSR count). The van der Waals surface area contributed by atoms with Crippen LogP contribution >= 0.6 is 31.9 Å². The SMILES string of the molecule is CNc1ccnc(Br)c1.CNc1ccnc(Nc2ccc(OC)c(OCCCN3CCCC3)c2)c1.COc1ccc(N)cc1OCCCN1CCCC1.Fc1ccnc(Br)c1. The third-order valence-electron chi connectivity index (χ3n) is 9.53. The van der Waals surface area contributed by atoms with Gasteiger partial charge in [0.2, 0.25) is 0 Å². The van der Waals surface area contributed by atoms with Crippen molar-refractivity contribution in [3.05, 3.63) is 106 Å². The lowest BCUT2D eigenvalue weighted by Gasteiger charge is -2.16. The largest absolute Gasteiger partial charge is 0.493 e. The first-order valence-corrected chi connectivity index (χ1v) is 22.1. The first-order valence-electron chi connectivity index (χ1n) is 20.5. The third kappa shape index (κ3) is 18.7. The van der Waals surface area contributed by atoms with Gasteiger partial charge in [0.25, 0.3) is 0 Å². The van der Waals surface area contributed by atoms with Crippen LogP contribution in [0.4, 0.5) is 33.0 Å². The standard InChI is InChI=1S/C20H28N4O2.C14H22N2O2.C6H7BrN2.C5H3BrFN/c1-21-16-8-9-22-20(15-16)23-17-6-7-18(25-2)19(14-17)26-13-5-12-24-10-3-4-11-24;1-17-13-6-5-12(15)11-14(13)18-10-4-9-16-7-2-3-8-16;1-8-5-2-3-9-6(7)4-5;6-5-3-4(7)1-2-8-5/h6-9,14-15H,3-5,10-13H2,1-2H3,(H2,21,22,23);5-6,11H,2-4,7-10,15H2,1H3;2-4H,1H3,(H,8,9);1-3H. The molecule has 0 atom stereocenters. The second-order valence-corrected chi connectivity index (χ2v) is 15.6. The molecular formula is C45H60Br2FN9O4. The highest BCUT2D eigenvalue weighted by Gasteiger charge is 2.13. The lowest BCUT2D eigenvalue weighted by molar-refractivity contribution is 0.254. The molecule has 5 heterocycles. The van der Waals surface area contributed by atoms with E-state index in [0.717, 1.165) is 76.4 Å². The summed E-state index contributed by atoms with van der Waals surface area (Å²) in [6.45, 7) is 8.53. The first-order chi connectivity index (χ1) is 29.7. The van der Waals surface area contributed by atoms with Crippen molar-refractivity contribution in [1.82, 2.24) is 24.8 Å². The minimum absolute atomic E-state index is 0.271. The second-order valence-electron chi connectivity index (χ2n) is 14.0. The molecule has 5 N–H and O–H groups in total. The van der Waals surface area contributed by atoms with Crippen LogP contribution in [0.5, 0.6) is 23.0 Å². The summed E-state index contributed by atoms with van der Waals surface area (Å²) in [7, 11) is 7.07. The van der Waals surface area contributed by atoms with Crippen molar-refractivity contribution in [3.8, 4) is 23.0 Å². The number of nitrogen functional groups attached to an aromatic ring is 1. The summed E-state index contributed by atoms with van der Waals surface area (Å²) >= 11 is 6.26. The average molecular weight is 970 g/mol. The Morgan fingerprint density at radius 1 is 0.607 bits per heavy atom. The van der Waals surface area contributed by atoms with Gasteiger partial charge >= 0.3 is 0 Å². The molecule has 2 aliphatic rings. The van der Waals surface area contributed by atoms with Crippen LogP contribution in [-0.4, -0.2) is 106 Å². The van der Waals surface area contributed by atoms with E-state index in [-0.39, 0.29) is 5.82 Å². The number of rotatable bonds is 16. The number of hydrogen-bond acceptors (Lipinski definition) is 13. The van der Waals surface area contributed by atoms with Gasteiger partial charge in [0.1, 0.15) is 20.8 Å². The molecule has 16 heteroatoms. The van der Waals surface area contributed by atoms with Crippen molar-refractivity contribution in [2.45, 2.75) is 38.5 Å². The molecule has 2 aliphatic heterocycles. The Morgan fingerprint density at radius 2 is 1.11 bits per heavy atom. The van der Waals surface area contributed by atoms with E-state index in [1.807, 2.05) is 74.8 Å². The lowest BCUT2D eigenvalue weighted by atomic mass is 10.2. The van der Waals surface area contributed by atoms with Crippen LogP contribution in [0.3, 0.4) is 0 Å². The third-order valence-corrected chi connectivity index (χ3v) is 10.4. The molecule has 5 aromatic rings. The highest BCUT2D eigenvalue weighted by atomic mass is 79.9. The zero-order valence-electron chi connectivity index (χ0n) is 35.6. The monoisotopic (exact) mass is 967 g/mol. The van der Waals surface area contributed by atoms with Crippen LogP contribution in [0.15, 0.2) is 101 Å². The molecule has 0 amide bonds. The molecule has 3 aromatic heterocycles. The van der Waals surface area contributed by atoms with Crippen LogP contribution in [0.1, 0.15) is 38.5 Å². The van der Waals surface area contributed by atoms with Crippen LogP contribution in [0, 0.1) is 5.82 Å². The number of nitrogens with two attached hydrogens (primary N) is 1. The fourth-order valence-electron chi connectivity index (χ4n) is 6.37. The highest BCUT2D eigenvalue weighted by Crippen LogP contribution is 2.32. The Hall–Kier alpha value is -4.90. The highest BCUT2D eigenvalue weighted by molar-refractivity contribution is 9.10. The number of anilines is 5. The van der Waals surface area contributed by atoms with Crippen LogP contribution in [0.25, 0.3) is 0 Å². The molecule has 0 unspecified atom stereocenters. The maximum atomic E-state index is 12.1. The van der Waals surface area contributed by atoms with Gasteiger partial charge < -0.3 is 50.4 Å². The zero-order chi connectivity index (χ0) is 43.7. The Morgan fingerprint density at radius 3 is 1.61 bits per heavy atom. The van der Waals surface area contributed by atoms with Crippen LogP contribution in [0.2, 0.25) is 0 Å². The number of nitrogens with zero attached hydrogens (tertiary/aromatic N) is 5.